The number of pyridine rings is 1. The minimum Gasteiger partial charge on any atom is -0.384 e. The number of benzene rings is 1. The Morgan fingerprint density at radius 2 is 2.11 bits per heavy atom. The third-order valence-electron chi connectivity index (χ3n) is 2.89. The van der Waals surface area contributed by atoms with Gasteiger partial charge in [0.2, 0.25) is 0 Å². The number of nitrogen functional groups attached to an aromatic ring is 1. The average molecular weight is 242 g/mol. The van der Waals surface area contributed by atoms with Gasteiger partial charge in [0.15, 0.2) is 0 Å². The van der Waals surface area contributed by atoms with E-state index in [0.717, 1.165) is 11.3 Å². The molecule has 3 aromatic rings. The van der Waals surface area contributed by atoms with Crippen LogP contribution in [0.5, 0.6) is 0 Å². The van der Waals surface area contributed by atoms with Crippen LogP contribution in [-0.2, 0) is 0 Å². The maximum atomic E-state index is 14.1. The first kappa shape index (κ1) is 10.7. The Morgan fingerprint density at radius 1 is 1.28 bits per heavy atom. The average Bonchev–Trinajstić information content (AvgIpc) is 2.80. The zero-order valence-electron chi connectivity index (χ0n) is 9.74. The molecule has 0 spiro atoms. The number of fused-ring (bicyclic) bond motifs is 1. The van der Waals surface area contributed by atoms with E-state index in [1.807, 2.05) is 6.92 Å². The van der Waals surface area contributed by atoms with Crippen LogP contribution in [0.15, 0.2) is 30.5 Å². The fourth-order valence-electron chi connectivity index (χ4n) is 2.11. The Balaban J connectivity index is 2.34. The van der Waals surface area contributed by atoms with Crippen LogP contribution in [0.2, 0.25) is 0 Å². The molecule has 0 atom stereocenters. The van der Waals surface area contributed by atoms with E-state index in [0.29, 0.717) is 22.3 Å². The van der Waals surface area contributed by atoms with Gasteiger partial charge in [-0.1, -0.05) is 0 Å². The third-order valence-corrected chi connectivity index (χ3v) is 2.89. The van der Waals surface area contributed by atoms with Gasteiger partial charge in [-0.2, -0.15) is 5.10 Å². The van der Waals surface area contributed by atoms with Gasteiger partial charge in [0.1, 0.15) is 11.6 Å². The summed E-state index contributed by atoms with van der Waals surface area (Å²) in [5.41, 5.74) is 8.48. The van der Waals surface area contributed by atoms with Crippen molar-refractivity contribution in [3.8, 4) is 11.3 Å². The molecule has 0 aliphatic rings. The summed E-state index contributed by atoms with van der Waals surface area (Å²) in [6.07, 6.45) is 1.62. The van der Waals surface area contributed by atoms with Crippen molar-refractivity contribution in [2.75, 3.05) is 5.73 Å². The van der Waals surface area contributed by atoms with Crippen molar-refractivity contribution in [2.24, 2.45) is 0 Å². The Morgan fingerprint density at radius 3 is 2.83 bits per heavy atom. The number of anilines is 1. The molecular weight excluding hydrogens is 231 g/mol. The molecule has 3 rings (SSSR count). The minimum absolute atomic E-state index is 0.304. The number of aromatic nitrogens is 3. The van der Waals surface area contributed by atoms with Crippen molar-refractivity contribution < 1.29 is 4.39 Å². The molecule has 0 saturated carbocycles. The number of halogens is 1. The topological polar surface area (TPSA) is 67.6 Å². The Bertz CT molecular complexity index is 719. The van der Waals surface area contributed by atoms with E-state index in [2.05, 4.69) is 15.2 Å². The van der Waals surface area contributed by atoms with Gasteiger partial charge < -0.3 is 5.73 Å². The number of nitrogens with two attached hydrogens (primary N) is 1. The van der Waals surface area contributed by atoms with Gasteiger partial charge in [-0.3, -0.25) is 5.10 Å². The molecule has 18 heavy (non-hydrogen) atoms. The van der Waals surface area contributed by atoms with Crippen LogP contribution in [-0.4, -0.2) is 15.2 Å². The number of rotatable bonds is 1. The van der Waals surface area contributed by atoms with Crippen LogP contribution in [0.3, 0.4) is 0 Å². The van der Waals surface area contributed by atoms with Crippen molar-refractivity contribution in [3.63, 3.8) is 0 Å². The number of hydrogen-bond acceptors (Lipinski definition) is 3. The first-order chi connectivity index (χ1) is 8.65. The van der Waals surface area contributed by atoms with Crippen LogP contribution in [0, 0.1) is 12.7 Å². The zero-order chi connectivity index (χ0) is 12.7. The number of aromatic amines is 1. The molecule has 0 saturated heterocycles. The molecule has 0 bridgehead atoms. The lowest BCUT2D eigenvalue weighted by Crippen LogP contribution is -1.95. The van der Waals surface area contributed by atoms with E-state index < -0.39 is 0 Å². The van der Waals surface area contributed by atoms with Gasteiger partial charge in [-0.05, 0) is 36.8 Å². The lowest BCUT2D eigenvalue weighted by atomic mass is 10.0. The molecule has 0 aliphatic carbocycles. The summed E-state index contributed by atoms with van der Waals surface area (Å²) in [5.74, 6) is 0.0864. The quantitative estimate of drug-likeness (QED) is 0.689. The Hall–Kier alpha value is -2.43. The first-order valence-corrected chi connectivity index (χ1v) is 5.51. The normalized spacial score (nSPS) is 11.0. The second-order valence-corrected chi connectivity index (χ2v) is 4.19. The largest absolute Gasteiger partial charge is 0.384 e. The molecule has 0 amide bonds. The summed E-state index contributed by atoms with van der Waals surface area (Å²) < 4.78 is 14.1. The molecule has 5 heteroatoms. The summed E-state index contributed by atoms with van der Waals surface area (Å²) in [6.45, 7) is 1.82. The van der Waals surface area contributed by atoms with Gasteiger partial charge in [-0.15, -0.1) is 0 Å². The first-order valence-electron chi connectivity index (χ1n) is 5.51. The van der Waals surface area contributed by atoms with Crippen LogP contribution in [0.4, 0.5) is 10.2 Å². The van der Waals surface area contributed by atoms with E-state index in [9.17, 15) is 4.39 Å². The highest BCUT2D eigenvalue weighted by Gasteiger charge is 2.10. The van der Waals surface area contributed by atoms with Crippen LogP contribution >= 0.6 is 0 Å². The van der Waals surface area contributed by atoms with E-state index in [1.54, 1.807) is 24.4 Å². The predicted molar refractivity (Wildman–Crippen MR) is 68.4 cm³/mol. The second-order valence-electron chi connectivity index (χ2n) is 4.19. The summed E-state index contributed by atoms with van der Waals surface area (Å²) in [5, 5.41) is 7.16. The van der Waals surface area contributed by atoms with E-state index >= 15 is 0 Å². The summed E-state index contributed by atoms with van der Waals surface area (Å²) in [4.78, 5) is 4.17. The van der Waals surface area contributed by atoms with E-state index in [1.165, 1.54) is 6.07 Å². The highest BCUT2D eigenvalue weighted by molar-refractivity contribution is 5.88. The number of nitrogens with one attached hydrogen (secondary N) is 1. The number of nitrogens with zero attached hydrogens (tertiary/aromatic N) is 2. The fourth-order valence-corrected chi connectivity index (χ4v) is 2.11. The van der Waals surface area contributed by atoms with Gasteiger partial charge in [0.05, 0.1) is 11.2 Å². The summed E-state index contributed by atoms with van der Waals surface area (Å²) in [7, 11) is 0. The van der Waals surface area contributed by atoms with E-state index in [4.69, 9.17) is 5.73 Å². The highest BCUT2D eigenvalue weighted by atomic mass is 19.1. The van der Waals surface area contributed by atoms with Crippen molar-refractivity contribution >= 4 is 16.7 Å². The monoisotopic (exact) mass is 242 g/mol. The molecule has 3 N–H and O–H groups in total. The third kappa shape index (κ3) is 1.60. The Labute approximate surface area is 103 Å². The summed E-state index contributed by atoms with van der Waals surface area (Å²) >= 11 is 0. The fraction of sp³-hybridized carbons (Fsp3) is 0.0769. The number of hydrogen-bond donors (Lipinski definition) is 2. The van der Waals surface area contributed by atoms with Crippen LogP contribution in [0.1, 0.15) is 5.56 Å². The van der Waals surface area contributed by atoms with Gasteiger partial charge in [0.25, 0.3) is 0 Å². The smallest absolute Gasteiger partial charge is 0.133 e. The lowest BCUT2D eigenvalue weighted by Gasteiger charge is -2.07. The minimum atomic E-state index is -0.304. The number of H-pyrrole nitrogens is 1. The molecular formula is C13H11FN4. The van der Waals surface area contributed by atoms with Crippen LogP contribution in [0.25, 0.3) is 22.2 Å². The van der Waals surface area contributed by atoms with Crippen molar-refractivity contribution in [2.45, 2.75) is 6.92 Å². The second kappa shape index (κ2) is 3.80. The van der Waals surface area contributed by atoms with Crippen LogP contribution < -0.4 is 5.73 Å². The standard InChI is InChI=1S/C13H11FN4/c1-7-4-12(15)17-11-6-8(5-9(14)13(7)11)10-2-3-16-18-10/h2-6H,1H3,(H2,15,17)(H,16,18). The van der Waals surface area contributed by atoms with E-state index in [-0.39, 0.29) is 5.82 Å². The Kier molecular flexibility index (Phi) is 2.26. The molecule has 0 unspecified atom stereocenters. The maximum absolute atomic E-state index is 14.1. The van der Waals surface area contributed by atoms with Crippen molar-refractivity contribution in [1.82, 2.24) is 15.2 Å². The maximum Gasteiger partial charge on any atom is 0.133 e. The lowest BCUT2D eigenvalue weighted by molar-refractivity contribution is 0.639. The molecule has 2 heterocycles. The predicted octanol–water partition coefficient (Wildman–Crippen LogP) is 2.65. The van der Waals surface area contributed by atoms with Gasteiger partial charge in [0, 0.05) is 17.1 Å². The molecule has 0 aliphatic heterocycles. The zero-order valence-corrected chi connectivity index (χ0v) is 9.74. The van der Waals surface area contributed by atoms with Gasteiger partial charge in [-0.25, -0.2) is 9.37 Å². The van der Waals surface area contributed by atoms with Gasteiger partial charge >= 0.3 is 0 Å². The summed E-state index contributed by atoms with van der Waals surface area (Å²) in [6, 6.07) is 6.72. The molecule has 0 fully saturated rings. The highest BCUT2D eigenvalue weighted by Crippen LogP contribution is 2.27. The molecule has 4 nitrogen and oxygen atoms in total. The molecule has 2 aromatic heterocycles. The molecule has 90 valence electrons. The van der Waals surface area contributed by atoms with Crippen molar-refractivity contribution in [1.29, 1.82) is 0 Å². The molecule has 1 aromatic carbocycles. The SMILES string of the molecule is Cc1cc(N)nc2cc(-c3ccn[nH]3)cc(F)c12. The number of aryl methyl sites for hydroxylation is 1. The van der Waals surface area contributed by atoms with Crippen molar-refractivity contribution in [3.05, 3.63) is 41.8 Å². The molecule has 0 radical (unpaired) electrons.